The molecule has 0 saturated heterocycles. The van der Waals surface area contributed by atoms with Crippen molar-refractivity contribution in [2.75, 3.05) is 31.1 Å². The molecule has 1 aromatic carbocycles. The van der Waals surface area contributed by atoms with Gasteiger partial charge in [0.2, 0.25) is 10.0 Å². The summed E-state index contributed by atoms with van der Waals surface area (Å²) in [4.78, 5) is 1.89. The lowest BCUT2D eigenvalue weighted by Gasteiger charge is -2.16. The van der Waals surface area contributed by atoms with Crippen molar-refractivity contribution in [3.05, 3.63) is 29.8 Å². The molecule has 0 aliphatic heterocycles. The van der Waals surface area contributed by atoms with Crippen molar-refractivity contribution in [1.82, 2.24) is 4.90 Å². The Morgan fingerprint density at radius 1 is 1.28 bits per heavy atom. The molecule has 0 radical (unpaired) electrons. The van der Waals surface area contributed by atoms with Crippen LogP contribution in [0.25, 0.3) is 0 Å². The Morgan fingerprint density at radius 2 is 1.83 bits per heavy atom. The lowest BCUT2D eigenvalue weighted by atomic mass is 10.1. The molecule has 1 atom stereocenters. The van der Waals surface area contributed by atoms with E-state index >= 15 is 0 Å². The molecule has 1 unspecified atom stereocenters. The summed E-state index contributed by atoms with van der Waals surface area (Å²) >= 11 is 0. The quantitative estimate of drug-likeness (QED) is 0.812. The van der Waals surface area contributed by atoms with Gasteiger partial charge < -0.3 is 10.0 Å². The van der Waals surface area contributed by atoms with Crippen LogP contribution in [0.3, 0.4) is 0 Å². The zero-order valence-corrected chi connectivity index (χ0v) is 11.7. The molecule has 0 heterocycles. The summed E-state index contributed by atoms with van der Waals surface area (Å²) in [6.45, 7) is 2.11. The second kappa shape index (κ2) is 6.17. The minimum atomic E-state index is -3.25. The van der Waals surface area contributed by atoms with Gasteiger partial charge in [-0.05, 0) is 38.7 Å². The van der Waals surface area contributed by atoms with E-state index in [9.17, 15) is 13.5 Å². The first-order chi connectivity index (χ1) is 8.34. The number of rotatable bonds is 6. The number of sulfonamides is 1. The Hall–Kier alpha value is -1.11. The van der Waals surface area contributed by atoms with Crippen LogP contribution in [-0.4, -0.2) is 44.8 Å². The van der Waals surface area contributed by atoms with Crippen molar-refractivity contribution in [3.8, 4) is 0 Å². The van der Waals surface area contributed by atoms with Crippen LogP contribution in [0.1, 0.15) is 18.6 Å². The van der Waals surface area contributed by atoms with Gasteiger partial charge in [-0.2, -0.15) is 0 Å². The normalized spacial score (nSPS) is 13.6. The second-order valence-corrected chi connectivity index (χ2v) is 6.42. The van der Waals surface area contributed by atoms with Crippen LogP contribution in [0.15, 0.2) is 24.3 Å². The van der Waals surface area contributed by atoms with Gasteiger partial charge in [0.15, 0.2) is 0 Å². The molecule has 0 aliphatic carbocycles. The van der Waals surface area contributed by atoms with Crippen LogP contribution in [0.4, 0.5) is 5.69 Å². The number of nitrogens with one attached hydrogen (secondary N) is 1. The van der Waals surface area contributed by atoms with Crippen LogP contribution < -0.4 is 4.72 Å². The highest BCUT2D eigenvalue weighted by Crippen LogP contribution is 2.17. The minimum absolute atomic E-state index is 0.0397. The molecule has 1 rings (SSSR count). The number of aliphatic hydroxyl groups is 1. The molecular weight excluding hydrogens is 252 g/mol. The molecule has 0 aliphatic rings. The SMILES string of the molecule is CCS(=O)(=O)Nc1ccc(C(O)CN(C)C)cc1. The monoisotopic (exact) mass is 272 g/mol. The summed E-state index contributed by atoms with van der Waals surface area (Å²) in [6, 6.07) is 6.76. The molecule has 0 aromatic heterocycles. The number of hydrogen-bond acceptors (Lipinski definition) is 4. The first-order valence-electron chi connectivity index (χ1n) is 5.77. The number of anilines is 1. The number of nitrogens with zero attached hydrogens (tertiary/aromatic N) is 1. The van der Waals surface area contributed by atoms with Crippen LogP contribution in [0, 0.1) is 0 Å². The highest BCUT2D eigenvalue weighted by Gasteiger charge is 2.10. The highest BCUT2D eigenvalue weighted by atomic mass is 32.2. The van der Waals surface area contributed by atoms with Crippen molar-refractivity contribution in [3.63, 3.8) is 0 Å². The van der Waals surface area contributed by atoms with Gasteiger partial charge in [0.05, 0.1) is 11.9 Å². The average Bonchev–Trinajstić information content (AvgIpc) is 2.28. The fourth-order valence-corrected chi connectivity index (χ4v) is 2.12. The van der Waals surface area contributed by atoms with Crippen molar-refractivity contribution in [2.24, 2.45) is 0 Å². The molecule has 0 fully saturated rings. The first-order valence-corrected chi connectivity index (χ1v) is 7.42. The van der Waals surface area contributed by atoms with Crippen LogP contribution >= 0.6 is 0 Å². The van der Waals surface area contributed by atoms with Crippen molar-refractivity contribution in [1.29, 1.82) is 0 Å². The number of aliphatic hydroxyl groups excluding tert-OH is 1. The Balaban J connectivity index is 2.74. The van der Waals surface area contributed by atoms with E-state index in [1.54, 1.807) is 31.2 Å². The molecule has 2 N–H and O–H groups in total. The van der Waals surface area contributed by atoms with Crippen molar-refractivity contribution >= 4 is 15.7 Å². The first kappa shape index (κ1) is 14.9. The summed E-state index contributed by atoms with van der Waals surface area (Å²) in [6.07, 6.45) is -0.572. The zero-order valence-electron chi connectivity index (χ0n) is 10.9. The fourth-order valence-electron chi connectivity index (χ4n) is 1.48. The largest absolute Gasteiger partial charge is 0.387 e. The Kier molecular flexibility index (Phi) is 5.13. The van der Waals surface area contributed by atoms with Gasteiger partial charge in [-0.15, -0.1) is 0 Å². The van der Waals surface area contributed by atoms with E-state index in [1.165, 1.54) is 0 Å². The van der Waals surface area contributed by atoms with Crippen molar-refractivity contribution < 1.29 is 13.5 Å². The smallest absolute Gasteiger partial charge is 0.232 e. The maximum atomic E-state index is 11.4. The van der Waals surface area contributed by atoms with E-state index in [2.05, 4.69) is 4.72 Å². The molecule has 0 bridgehead atoms. The standard InChI is InChI=1S/C12H20N2O3S/c1-4-18(16,17)13-11-7-5-10(6-8-11)12(15)9-14(2)3/h5-8,12-13,15H,4,9H2,1-3H3. The molecule has 1 aromatic rings. The molecule has 6 heteroatoms. The predicted molar refractivity (Wildman–Crippen MR) is 73.0 cm³/mol. The third kappa shape index (κ3) is 4.64. The van der Waals surface area contributed by atoms with Crippen molar-refractivity contribution in [2.45, 2.75) is 13.0 Å². The molecule has 0 saturated carbocycles. The van der Waals surface area contributed by atoms with Gasteiger partial charge in [0.25, 0.3) is 0 Å². The second-order valence-electron chi connectivity index (χ2n) is 4.41. The van der Waals surface area contributed by atoms with Crippen LogP contribution in [0.2, 0.25) is 0 Å². The lowest BCUT2D eigenvalue weighted by Crippen LogP contribution is -2.20. The Labute approximate surface area is 108 Å². The van der Waals surface area contributed by atoms with Gasteiger partial charge in [0, 0.05) is 12.2 Å². The summed E-state index contributed by atoms with van der Waals surface area (Å²) in [5, 5.41) is 9.88. The molecule has 18 heavy (non-hydrogen) atoms. The fraction of sp³-hybridized carbons (Fsp3) is 0.500. The van der Waals surface area contributed by atoms with E-state index in [-0.39, 0.29) is 5.75 Å². The van der Waals surface area contributed by atoms with E-state index in [0.717, 1.165) is 5.56 Å². The van der Waals surface area contributed by atoms with Gasteiger partial charge in [-0.3, -0.25) is 4.72 Å². The third-order valence-electron chi connectivity index (χ3n) is 2.49. The van der Waals surface area contributed by atoms with Crippen LogP contribution in [-0.2, 0) is 10.0 Å². The molecular formula is C12H20N2O3S. The van der Waals surface area contributed by atoms with Gasteiger partial charge in [0.1, 0.15) is 0 Å². The third-order valence-corrected chi connectivity index (χ3v) is 3.79. The number of likely N-dealkylation sites (N-methyl/N-ethyl adjacent to an activating group) is 1. The predicted octanol–water partition coefficient (Wildman–Crippen LogP) is 1.04. The van der Waals surface area contributed by atoms with E-state index in [4.69, 9.17) is 0 Å². The molecule has 102 valence electrons. The number of benzene rings is 1. The number of hydrogen-bond donors (Lipinski definition) is 2. The maximum absolute atomic E-state index is 11.4. The molecule has 0 amide bonds. The summed E-state index contributed by atoms with van der Waals surface area (Å²) in [5.74, 6) is 0.0397. The zero-order chi connectivity index (χ0) is 13.8. The Morgan fingerprint density at radius 3 is 2.28 bits per heavy atom. The van der Waals surface area contributed by atoms with E-state index < -0.39 is 16.1 Å². The maximum Gasteiger partial charge on any atom is 0.232 e. The molecule has 5 nitrogen and oxygen atoms in total. The topological polar surface area (TPSA) is 69.6 Å². The summed E-state index contributed by atoms with van der Waals surface area (Å²) in [7, 11) is 0.518. The highest BCUT2D eigenvalue weighted by molar-refractivity contribution is 7.92. The van der Waals surface area contributed by atoms with Gasteiger partial charge in [-0.1, -0.05) is 12.1 Å². The van der Waals surface area contributed by atoms with Gasteiger partial charge >= 0.3 is 0 Å². The summed E-state index contributed by atoms with van der Waals surface area (Å²) in [5.41, 5.74) is 1.28. The minimum Gasteiger partial charge on any atom is -0.387 e. The average molecular weight is 272 g/mol. The van der Waals surface area contributed by atoms with E-state index in [0.29, 0.717) is 12.2 Å². The Bertz CT molecular complexity index is 469. The van der Waals surface area contributed by atoms with E-state index in [1.807, 2.05) is 19.0 Å². The van der Waals surface area contributed by atoms with Crippen LogP contribution in [0.5, 0.6) is 0 Å². The summed E-state index contributed by atoms with van der Waals surface area (Å²) < 4.78 is 25.2. The lowest BCUT2D eigenvalue weighted by molar-refractivity contribution is 0.138. The molecule has 0 spiro atoms. The van der Waals surface area contributed by atoms with Gasteiger partial charge in [-0.25, -0.2) is 8.42 Å².